The molecule has 0 radical (unpaired) electrons. The minimum Gasteiger partial charge on any atom is -0.322 e. The molecule has 3 aromatic rings. The van der Waals surface area contributed by atoms with Crippen LogP contribution in [0, 0.1) is 0 Å². The molecule has 0 saturated heterocycles. The molecule has 0 aliphatic heterocycles. The van der Waals surface area contributed by atoms with Crippen LogP contribution in [0.1, 0.15) is 5.69 Å². The quantitative estimate of drug-likeness (QED) is 0.774. The first-order valence-electron chi connectivity index (χ1n) is 7.80. The number of hydrogen-bond acceptors (Lipinski definition) is 2. The second-order valence-electron chi connectivity index (χ2n) is 5.52. The largest absolute Gasteiger partial charge is 0.322 e. The number of nitrogens with zero attached hydrogens (tertiary/aromatic N) is 2. The lowest BCUT2D eigenvalue weighted by atomic mass is 10.0. The van der Waals surface area contributed by atoms with Crippen molar-refractivity contribution in [2.45, 2.75) is 6.54 Å². The molecular weight excluding hydrogens is 298 g/mol. The van der Waals surface area contributed by atoms with Crippen molar-refractivity contribution < 1.29 is 4.79 Å². The van der Waals surface area contributed by atoms with E-state index in [0.29, 0.717) is 6.54 Å². The van der Waals surface area contributed by atoms with Gasteiger partial charge >= 0.3 is 6.03 Å². The molecule has 0 atom stereocenters. The van der Waals surface area contributed by atoms with Crippen molar-refractivity contribution in [2.24, 2.45) is 0 Å². The molecule has 0 fully saturated rings. The minimum atomic E-state index is -0.163. The summed E-state index contributed by atoms with van der Waals surface area (Å²) in [4.78, 5) is 18.4. The van der Waals surface area contributed by atoms with E-state index in [1.54, 1.807) is 18.1 Å². The van der Waals surface area contributed by atoms with Crippen LogP contribution in [0.15, 0.2) is 79.0 Å². The van der Waals surface area contributed by atoms with E-state index in [-0.39, 0.29) is 6.03 Å². The summed E-state index contributed by atoms with van der Waals surface area (Å²) < 4.78 is 0. The highest BCUT2D eigenvalue weighted by Gasteiger charge is 2.12. The number of aromatic nitrogens is 1. The van der Waals surface area contributed by atoms with Gasteiger partial charge in [-0.15, -0.1) is 0 Å². The zero-order valence-corrected chi connectivity index (χ0v) is 13.5. The first-order chi connectivity index (χ1) is 11.7. The van der Waals surface area contributed by atoms with Crippen LogP contribution in [0.4, 0.5) is 10.5 Å². The highest BCUT2D eigenvalue weighted by molar-refractivity contribution is 5.94. The van der Waals surface area contributed by atoms with Gasteiger partial charge in [-0.05, 0) is 23.8 Å². The van der Waals surface area contributed by atoms with Crippen LogP contribution in [0.5, 0.6) is 0 Å². The lowest BCUT2D eigenvalue weighted by Gasteiger charge is -2.19. The molecule has 1 aromatic heterocycles. The first kappa shape index (κ1) is 15.7. The van der Waals surface area contributed by atoms with E-state index in [4.69, 9.17) is 0 Å². The van der Waals surface area contributed by atoms with Crippen molar-refractivity contribution in [1.29, 1.82) is 0 Å². The van der Waals surface area contributed by atoms with Gasteiger partial charge in [0, 0.05) is 18.8 Å². The van der Waals surface area contributed by atoms with E-state index in [9.17, 15) is 4.79 Å². The zero-order chi connectivity index (χ0) is 16.8. The first-order valence-corrected chi connectivity index (χ1v) is 7.80. The molecule has 2 amide bonds. The number of para-hydroxylation sites is 1. The fourth-order valence-electron chi connectivity index (χ4n) is 2.48. The Morgan fingerprint density at radius 3 is 2.42 bits per heavy atom. The molecule has 0 spiro atoms. The third-order valence-corrected chi connectivity index (χ3v) is 3.73. The van der Waals surface area contributed by atoms with Crippen molar-refractivity contribution in [3.05, 3.63) is 84.7 Å². The summed E-state index contributed by atoms with van der Waals surface area (Å²) in [5.41, 5.74) is 3.71. The molecule has 120 valence electrons. The summed E-state index contributed by atoms with van der Waals surface area (Å²) in [6.07, 6.45) is 1.73. The van der Waals surface area contributed by atoms with Crippen LogP contribution in [0.2, 0.25) is 0 Å². The van der Waals surface area contributed by atoms with Crippen LogP contribution in [-0.4, -0.2) is 23.0 Å². The molecule has 0 unspecified atom stereocenters. The summed E-state index contributed by atoms with van der Waals surface area (Å²) in [7, 11) is 1.76. The Labute approximate surface area is 141 Å². The van der Waals surface area contributed by atoms with Gasteiger partial charge in [0.15, 0.2) is 0 Å². The maximum absolute atomic E-state index is 12.5. The number of anilines is 1. The van der Waals surface area contributed by atoms with Crippen molar-refractivity contribution >= 4 is 11.7 Å². The normalized spacial score (nSPS) is 10.2. The van der Waals surface area contributed by atoms with Gasteiger partial charge in [0.05, 0.1) is 17.9 Å². The number of amides is 2. The minimum absolute atomic E-state index is 0.163. The Hall–Kier alpha value is -3.14. The molecule has 4 nitrogen and oxygen atoms in total. The summed E-state index contributed by atoms with van der Waals surface area (Å²) >= 11 is 0. The van der Waals surface area contributed by atoms with E-state index >= 15 is 0 Å². The SMILES string of the molecule is CN(Cc1ccccn1)C(=O)Nc1ccccc1-c1ccccc1. The van der Waals surface area contributed by atoms with E-state index in [2.05, 4.69) is 10.3 Å². The van der Waals surface area contributed by atoms with Crippen molar-refractivity contribution in [3.8, 4) is 11.1 Å². The molecule has 1 N–H and O–H groups in total. The van der Waals surface area contributed by atoms with Crippen LogP contribution < -0.4 is 5.32 Å². The molecule has 3 rings (SSSR count). The third kappa shape index (κ3) is 3.79. The third-order valence-electron chi connectivity index (χ3n) is 3.73. The van der Waals surface area contributed by atoms with Crippen molar-refractivity contribution in [2.75, 3.05) is 12.4 Å². The number of benzene rings is 2. The van der Waals surface area contributed by atoms with Gasteiger partial charge in [-0.1, -0.05) is 54.6 Å². The summed E-state index contributed by atoms with van der Waals surface area (Å²) in [5, 5.41) is 2.99. The molecular formula is C20H19N3O. The Morgan fingerprint density at radius 1 is 0.958 bits per heavy atom. The molecule has 0 aliphatic carbocycles. The molecule has 1 heterocycles. The highest BCUT2D eigenvalue weighted by atomic mass is 16.2. The molecule has 0 aliphatic rings. The van der Waals surface area contributed by atoms with E-state index in [0.717, 1.165) is 22.5 Å². The molecule has 4 heteroatoms. The second-order valence-corrected chi connectivity index (χ2v) is 5.52. The maximum atomic E-state index is 12.5. The fourth-order valence-corrected chi connectivity index (χ4v) is 2.48. The highest BCUT2D eigenvalue weighted by Crippen LogP contribution is 2.27. The summed E-state index contributed by atoms with van der Waals surface area (Å²) in [5.74, 6) is 0. The van der Waals surface area contributed by atoms with Crippen molar-refractivity contribution in [1.82, 2.24) is 9.88 Å². The Morgan fingerprint density at radius 2 is 1.67 bits per heavy atom. The zero-order valence-electron chi connectivity index (χ0n) is 13.5. The molecule has 0 saturated carbocycles. The number of carbonyl (C=O) groups excluding carboxylic acids is 1. The Balaban J connectivity index is 1.75. The summed E-state index contributed by atoms with van der Waals surface area (Å²) in [6.45, 7) is 0.459. The molecule has 2 aromatic carbocycles. The van der Waals surface area contributed by atoms with Gasteiger partial charge in [0.1, 0.15) is 0 Å². The van der Waals surface area contributed by atoms with Crippen molar-refractivity contribution in [3.63, 3.8) is 0 Å². The number of hydrogen-bond donors (Lipinski definition) is 1. The average molecular weight is 317 g/mol. The van der Waals surface area contributed by atoms with Crippen LogP contribution >= 0.6 is 0 Å². The molecule has 24 heavy (non-hydrogen) atoms. The number of carbonyl (C=O) groups is 1. The Kier molecular flexibility index (Phi) is 4.87. The van der Waals surface area contributed by atoms with Gasteiger partial charge in [0.25, 0.3) is 0 Å². The number of nitrogens with one attached hydrogen (secondary N) is 1. The van der Waals surface area contributed by atoms with E-state index in [1.807, 2.05) is 72.8 Å². The van der Waals surface area contributed by atoms with Gasteiger partial charge in [0.2, 0.25) is 0 Å². The van der Waals surface area contributed by atoms with Gasteiger partial charge in [-0.3, -0.25) is 4.98 Å². The second kappa shape index (κ2) is 7.42. The van der Waals surface area contributed by atoms with Gasteiger partial charge in [-0.25, -0.2) is 4.79 Å². The number of urea groups is 1. The molecule has 0 bridgehead atoms. The standard InChI is InChI=1S/C20H19N3O/c1-23(15-17-11-7-8-14-21-17)20(24)22-19-13-6-5-12-18(19)16-9-3-2-4-10-16/h2-14H,15H2,1H3,(H,22,24). The topological polar surface area (TPSA) is 45.2 Å². The maximum Gasteiger partial charge on any atom is 0.321 e. The monoisotopic (exact) mass is 317 g/mol. The summed E-state index contributed by atoms with van der Waals surface area (Å²) in [6, 6.07) is 23.3. The lowest BCUT2D eigenvalue weighted by Crippen LogP contribution is -2.31. The van der Waals surface area contributed by atoms with Crippen LogP contribution in [0.3, 0.4) is 0 Å². The lowest BCUT2D eigenvalue weighted by molar-refractivity contribution is 0.220. The van der Waals surface area contributed by atoms with Crippen LogP contribution in [0.25, 0.3) is 11.1 Å². The number of pyridine rings is 1. The number of rotatable bonds is 4. The van der Waals surface area contributed by atoms with Gasteiger partial charge in [-0.2, -0.15) is 0 Å². The average Bonchev–Trinajstić information content (AvgIpc) is 2.63. The predicted molar refractivity (Wildman–Crippen MR) is 96.6 cm³/mol. The fraction of sp³-hybridized carbons (Fsp3) is 0.100. The van der Waals surface area contributed by atoms with E-state index < -0.39 is 0 Å². The van der Waals surface area contributed by atoms with Gasteiger partial charge < -0.3 is 10.2 Å². The van der Waals surface area contributed by atoms with Crippen LogP contribution in [-0.2, 0) is 6.54 Å². The Bertz CT molecular complexity index is 803. The van der Waals surface area contributed by atoms with E-state index in [1.165, 1.54) is 0 Å². The predicted octanol–water partition coefficient (Wildman–Crippen LogP) is 4.41. The smallest absolute Gasteiger partial charge is 0.321 e.